The van der Waals surface area contributed by atoms with E-state index in [-0.39, 0.29) is 12.4 Å². The summed E-state index contributed by atoms with van der Waals surface area (Å²) in [7, 11) is 1.71. The average molecular weight is 314 g/mol. The minimum atomic E-state index is -0.894. The van der Waals surface area contributed by atoms with Gasteiger partial charge in [-0.1, -0.05) is 29.4 Å². The molecule has 2 rings (SSSR count). The minimum Gasteiger partial charge on any atom is -0.485 e. The van der Waals surface area contributed by atoms with Crippen molar-refractivity contribution in [2.75, 3.05) is 5.75 Å². The number of ether oxygens (including phenoxy) is 1. The van der Waals surface area contributed by atoms with Gasteiger partial charge in [-0.2, -0.15) is 5.10 Å². The van der Waals surface area contributed by atoms with E-state index in [0.29, 0.717) is 21.8 Å². The average Bonchev–Trinajstić information content (AvgIpc) is 2.75. The van der Waals surface area contributed by atoms with Gasteiger partial charge < -0.3 is 9.84 Å². The molecule has 0 spiro atoms. The zero-order valence-electron chi connectivity index (χ0n) is 10.6. The first-order valence-electron chi connectivity index (χ1n) is 5.67. The molecule has 0 saturated carbocycles. The van der Waals surface area contributed by atoms with Gasteiger partial charge >= 0.3 is 5.97 Å². The molecule has 1 aromatic heterocycles. The molecular formula is C12H12ClN3O3S. The van der Waals surface area contributed by atoms with Crippen molar-refractivity contribution in [2.45, 2.75) is 11.8 Å². The van der Waals surface area contributed by atoms with Crippen molar-refractivity contribution in [1.82, 2.24) is 14.8 Å². The fraction of sp³-hybridized carbons (Fsp3) is 0.250. The molecule has 0 unspecified atom stereocenters. The molecule has 0 aliphatic carbocycles. The Labute approximate surface area is 124 Å². The standard InChI is InChI=1S/C12H12ClN3O3S/c1-16-12(20-7-11(17)18)14-10(15-16)6-19-9-4-2-3-8(13)5-9/h2-5H,6-7H2,1H3,(H,17,18). The van der Waals surface area contributed by atoms with E-state index in [4.69, 9.17) is 21.4 Å². The highest BCUT2D eigenvalue weighted by Crippen LogP contribution is 2.19. The van der Waals surface area contributed by atoms with Crippen LogP contribution in [0.4, 0.5) is 0 Å². The van der Waals surface area contributed by atoms with Crippen LogP contribution in [0.3, 0.4) is 0 Å². The number of hydrogen-bond acceptors (Lipinski definition) is 5. The van der Waals surface area contributed by atoms with Crippen molar-refractivity contribution in [3.63, 3.8) is 0 Å². The summed E-state index contributed by atoms with van der Waals surface area (Å²) in [6.07, 6.45) is 0. The van der Waals surface area contributed by atoms with Crippen molar-refractivity contribution in [3.8, 4) is 5.75 Å². The fourth-order valence-electron chi connectivity index (χ4n) is 1.44. The Kier molecular flexibility index (Phi) is 4.86. The third kappa shape index (κ3) is 4.14. The lowest BCUT2D eigenvalue weighted by Crippen LogP contribution is -2.00. The molecule has 106 valence electrons. The van der Waals surface area contributed by atoms with Gasteiger partial charge in [0.15, 0.2) is 11.0 Å². The molecule has 1 N–H and O–H groups in total. The zero-order valence-corrected chi connectivity index (χ0v) is 12.2. The number of aromatic nitrogens is 3. The van der Waals surface area contributed by atoms with Gasteiger partial charge in [-0.15, -0.1) is 0 Å². The maximum absolute atomic E-state index is 10.5. The number of aryl methyl sites for hydroxylation is 1. The van der Waals surface area contributed by atoms with Gasteiger partial charge in [0, 0.05) is 12.1 Å². The molecule has 1 aromatic carbocycles. The summed E-state index contributed by atoms with van der Waals surface area (Å²) in [5, 5.41) is 13.9. The normalized spacial score (nSPS) is 10.5. The lowest BCUT2D eigenvalue weighted by Gasteiger charge is -2.02. The smallest absolute Gasteiger partial charge is 0.313 e. The Morgan fingerprint density at radius 1 is 1.55 bits per heavy atom. The van der Waals surface area contributed by atoms with Crippen LogP contribution in [0.15, 0.2) is 29.4 Å². The van der Waals surface area contributed by atoms with Crippen molar-refractivity contribution in [2.24, 2.45) is 7.05 Å². The van der Waals surface area contributed by atoms with Crippen LogP contribution < -0.4 is 4.74 Å². The van der Waals surface area contributed by atoms with Crippen LogP contribution >= 0.6 is 23.4 Å². The van der Waals surface area contributed by atoms with Gasteiger partial charge in [0.25, 0.3) is 0 Å². The van der Waals surface area contributed by atoms with Gasteiger partial charge in [0.2, 0.25) is 0 Å². The van der Waals surface area contributed by atoms with Crippen molar-refractivity contribution in [1.29, 1.82) is 0 Å². The maximum atomic E-state index is 10.5. The molecule has 0 amide bonds. The molecule has 1 heterocycles. The fourth-order valence-corrected chi connectivity index (χ4v) is 2.27. The topological polar surface area (TPSA) is 77.2 Å². The first kappa shape index (κ1) is 14.7. The summed E-state index contributed by atoms with van der Waals surface area (Å²) >= 11 is 6.97. The van der Waals surface area contributed by atoms with Crippen LogP contribution in [-0.4, -0.2) is 31.6 Å². The number of halogens is 1. The molecule has 0 aliphatic heterocycles. The summed E-state index contributed by atoms with van der Waals surface area (Å²) in [4.78, 5) is 14.7. The third-order valence-electron chi connectivity index (χ3n) is 2.26. The van der Waals surface area contributed by atoms with E-state index in [1.807, 2.05) is 0 Å². The number of benzene rings is 1. The van der Waals surface area contributed by atoms with Gasteiger partial charge in [-0.05, 0) is 18.2 Å². The number of carbonyl (C=O) groups is 1. The van der Waals surface area contributed by atoms with E-state index in [2.05, 4.69) is 10.1 Å². The number of thioether (sulfide) groups is 1. The van der Waals surface area contributed by atoms with Crippen molar-refractivity contribution >= 4 is 29.3 Å². The number of carboxylic acid groups (broad SMARTS) is 1. The summed E-state index contributed by atoms with van der Waals surface area (Å²) in [5.74, 6) is 0.168. The van der Waals surface area contributed by atoms with Crippen LogP contribution in [0, 0.1) is 0 Å². The van der Waals surface area contributed by atoms with Crippen LogP contribution in [0.2, 0.25) is 5.02 Å². The zero-order chi connectivity index (χ0) is 14.5. The van der Waals surface area contributed by atoms with Crippen molar-refractivity contribution < 1.29 is 14.6 Å². The number of rotatable bonds is 6. The van der Waals surface area contributed by atoms with Crippen LogP contribution in [-0.2, 0) is 18.4 Å². The molecule has 0 aliphatic rings. The van der Waals surface area contributed by atoms with Gasteiger partial charge in [-0.25, -0.2) is 9.67 Å². The summed E-state index contributed by atoms with van der Waals surface area (Å²) in [5.41, 5.74) is 0. The lowest BCUT2D eigenvalue weighted by molar-refractivity contribution is -0.133. The van der Waals surface area contributed by atoms with Gasteiger partial charge in [0.05, 0.1) is 5.75 Å². The molecule has 0 fully saturated rings. The Hall–Kier alpha value is -1.73. The number of carboxylic acids is 1. The van der Waals surface area contributed by atoms with E-state index in [1.165, 1.54) is 4.68 Å². The molecule has 20 heavy (non-hydrogen) atoms. The maximum Gasteiger partial charge on any atom is 0.313 e. The first-order valence-corrected chi connectivity index (χ1v) is 7.04. The number of hydrogen-bond donors (Lipinski definition) is 1. The van der Waals surface area contributed by atoms with Gasteiger partial charge in [0.1, 0.15) is 12.4 Å². The highest BCUT2D eigenvalue weighted by molar-refractivity contribution is 7.99. The van der Waals surface area contributed by atoms with Crippen LogP contribution in [0.5, 0.6) is 5.75 Å². The van der Waals surface area contributed by atoms with Crippen LogP contribution in [0.1, 0.15) is 5.82 Å². The Bertz CT molecular complexity index is 618. The van der Waals surface area contributed by atoms with E-state index >= 15 is 0 Å². The molecule has 8 heteroatoms. The lowest BCUT2D eigenvalue weighted by atomic mass is 10.3. The van der Waals surface area contributed by atoms with Crippen molar-refractivity contribution in [3.05, 3.63) is 35.1 Å². The number of aliphatic carboxylic acids is 1. The SMILES string of the molecule is Cn1nc(COc2cccc(Cl)c2)nc1SCC(=O)O. The van der Waals surface area contributed by atoms with E-state index < -0.39 is 5.97 Å². The molecule has 0 saturated heterocycles. The molecule has 0 radical (unpaired) electrons. The second kappa shape index (κ2) is 6.62. The van der Waals surface area contributed by atoms with E-state index in [1.54, 1.807) is 31.3 Å². The highest BCUT2D eigenvalue weighted by Gasteiger charge is 2.10. The minimum absolute atomic E-state index is 0.0544. The molecular weight excluding hydrogens is 302 g/mol. The molecule has 0 atom stereocenters. The summed E-state index contributed by atoms with van der Waals surface area (Å²) < 4.78 is 7.05. The predicted octanol–water partition coefficient (Wildman–Crippen LogP) is 2.22. The molecule has 6 nitrogen and oxygen atoms in total. The van der Waals surface area contributed by atoms with Crippen LogP contribution in [0.25, 0.3) is 0 Å². The Morgan fingerprint density at radius 2 is 2.35 bits per heavy atom. The Morgan fingerprint density at radius 3 is 3.05 bits per heavy atom. The molecule has 0 bridgehead atoms. The first-order chi connectivity index (χ1) is 9.54. The quantitative estimate of drug-likeness (QED) is 0.824. The second-order valence-electron chi connectivity index (χ2n) is 3.86. The monoisotopic (exact) mass is 313 g/mol. The van der Waals surface area contributed by atoms with Gasteiger partial charge in [-0.3, -0.25) is 4.79 Å². The summed E-state index contributed by atoms with van der Waals surface area (Å²) in [6, 6.07) is 7.03. The second-order valence-corrected chi connectivity index (χ2v) is 5.24. The third-order valence-corrected chi connectivity index (χ3v) is 3.50. The largest absolute Gasteiger partial charge is 0.485 e. The predicted molar refractivity (Wildman–Crippen MR) is 75.1 cm³/mol. The Balaban J connectivity index is 1.96. The highest BCUT2D eigenvalue weighted by atomic mass is 35.5. The van der Waals surface area contributed by atoms with E-state index in [9.17, 15) is 4.79 Å². The summed E-state index contributed by atoms with van der Waals surface area (Å²) in [6.45, 7) is 0.196. The number of nitrogens with zero attached hydrogens (tertiary/aromatic N) is 3. The molecule has 2 aromatic rings. The van der Waals surface area contributed by atoms with E-state index in [0.717, 1.165) is 11.8 Å².